The summed E-state index contributed by atoms with van der Waals surface area (Å²) in [5.74, 6) is -2.59. The van der Waals surface area contributed by atoms with E-state index in [1.807, 2.05) is 0 Å². The summed E-state index contributed by atoms with van der Waals surface area (Å²) in [4.78, 5) is 53.5. The topological polar surface area (TPSA) is 111 Å². The van der Waals surface area contributed by atoms with Gasteiger partial charge in [-0.1, -0.05) is 17.7 Å². The van der Waals surface area contributed by atoms with E-state index >= 15 is 0 Å². The van der Waals surface area contributed by atoms with Crippen LogP contribution < -0.4 is 15.8 Å². The maximum atomic E-state index is 13.5. The summed E-state index contributed by atoms with van der Waals surface area (Å²) in [6.45, 7) is 1.85. The molecular weight excluding hydrogens is 535 g/mol. The smallest absolute Gasteiger partial charge is 0.359 e. The van der Waals surface area contributed by atoms with Crippen molar-refractivity contribution < 1.29 is 23.5 Å². The SMILES string of the molecule is CCOC(=O)c1nn(-c2cccc(Cl)c2)c(=O)c2c(NC(=O)C3CC(=O)N(c4ccc(F)cc4)C3)scc12. The Hall–Kier alpha value is -4.09. The number of hydrogen-bond donors (Lipinski definition) is 1. The van der Waals surface area contributed by atoms with Crippen molar-refractivity contribution >= 4 is 62.2 Å². The van der Waals surface area contributed by atoms with Crippen LogP contribution in [0, 0.1) is 11.7 Å². The minimum atomic E-state index is -0.722. The molecule has 1 atom stereocenters. The molecule has 1 N–H and O–H groups in total. The molecule has 1 aliphatic rings. The number of rotatable bonds is 6. The summed E-state index contributed by atoms with van der Waals surface area (Å²) in [5.41, 5.74) is 0.164. The monoisotopic (exact) mass is 554 g/mol. The Balaban J connectivity index is 1.50. The van der Waals surface area contributed by atoms with E-state index < -0.39 is 29.2 Å². The predicted molar refractivity (Wildman–Crippen MR) is 142 cm³/mol. The third-order valence-corrected chi connectivity index (χ3v) is 7.18. The van der Waals surface area contributed by atoms with Gasteiger partial charge in [-0.25, -0.2) is 9.18 Å². The number of fused-ring (bicyclic) bond motifs is 1. The van der Waals surface area contributed by atoms with Gasteiger partial charge in [0.1, 0.15) is 10.8 Å². The Morgan fingerprint density at radius 1 is 1.18 bits per heavy atom. The average Bonchev–Trinajstić information content (AvgIpc) is 3.49. The number of thiophene rings is 1. The summed E-state index contributed by atoms with van der Waals surface area (Å²) in [7, 11) is 0. The van der Waals surface area contributed by atoms with E-state index in [1.165, 1.54) is 35.2 Å². The van der Waals surface area contributed by atoms with E-state index in [0.29, 0.717) is 16.4 Å². The molecule has 9 nitrogen and oxygen atoms in total. The van der Waals surface area contributed by atoms with Crippen molar-refractivity contribution in [2.24, 2.45) is 5.92 Å². The van der Waals surface area contributed by atoms with Crippen LogP contribution >= 0.6 is 22.9 Å². The van der Waals surface area contributed by atoms with Crippen LogP contribution in [0.15, 0.2) is 58.7 Å². The van der Waals surface area contributed by atoms with E-state index in [4.69, 9.17) is 16.3 Å². The van der Waals surface area contributed by atoms with Crippen LogP contribution in [0.1, 0.15) is 23.8 Å². The van der Waals surface area contributed by atoms with Gasteiger partial charge in [0.2, 0.25) is 11.8 Å². The van der Waals surface area contributed by atoms with Crippen molar-refractivity contribution in [1.29, 1.82) is 0 Å². The highest BCUT2D eigenvalue weighted by Gasteiger charge is 2.36. The van der Waals surface area contributed by atoms with E-state index in [2.05, 4.69) is 10.4 Å². The molecule has 0 bridgehead atoms. The molecule has 5 rings (SSSR count). The predicted octanol–water partition coefficient (Wildman–Crippen LogP) is 4.41. The van der Waals surface area contributed by atoms with Crippen LogP contribution in [0.3, 0.4) is 0 Å². The molecule has 0 radical (unpaired) electrons. The van der Waals surface area contributed by atoms with Gasteiger partial charge in [-0.3, -0.25) is 14.4 Å². The lowest BCUT2D eigenvalue weighted by molar-refractivity contribution is -0.122. The number of amides is 2. The fourth-order valence-corrected chi connectivity index (χ4v) is 5.37. The summed E-state index contributed by atoms with van der Waals surface area (Å²) in [6.07, 6.45) is -0.0467. The van der Waals surface area contributed by atoms with Crippen molar-refractivity contribution in [2.75, 3.05) is 23.4 Å². The van der Waals surface area contributed by atoms with Crippen molar-refractivity contribution in [3.8, 4) is 5.69 Å². The van der Waals surface area contributed by atoms with Crippen LogP contribution in [-0.2, 0) is 14.3 Å². The fraction of sp³-hybridized carbons (Fsp3) is 0.192. The van der Waals surface area contributed by atoms with Crippen molar-refractivity contribution in [3.63, 3.8) is 0 Å². The minimum Gasteiger partial charge on any atom is -0.461 e. The molecule has 12 heteroatoms. The largest absolute Gasteiger partial charge is 0.461 e. The number of esters is 1. The molecule has 1 unspecified atom stereocenters. The molecule has 2 amide bonds. The molecule has 1 saturated heterocycles. The van der Waals surface area contributed by atoms with Crippen LogP contribution in [-0.4, -0.2) is 40.7 Å². The van der Waals surface area contributed by atoms with Crippen molar-refractivity contribution in [2.45, 2.75) is 13.3 Å². The highest BCUT2D eigenvalue weighted by molar-refractivity contribution is 7.16. The van der Waals surface area contributed by atoms with Crippen LogP contribution in [0.5, 0.6) is 0 Å². The highest BCUT2D eigenvalue weighted by atomic mass is 35.5. The van der Waals surface area contributed by atoms with Gasteiger partial charge in [0.15, 0.2) is 5.69 Å². The first kappa shape index (κ1) is 25.6. The Kier molecular flexibility index (Phi) is 6.96. The maximum absolute atomic E-state index is 13.5. The summed E-state index contributed by atoms with van der Waals surface area (Å²) in [6, 6.07) is 11.8. The number of carbonyl (C=O) groups is 3. The Morgan fingerprint density at radius 2 is 1.95 bits per heavy atom. The molecule has 0 spiro atoms. The lowest BCUT2D eigenvalue weighted by Crippen LogP contribution is -2.29. The lowest BCUT2D eigenvalue weighted by atomic mass is 10.1. The average molecular weight is 555 g/mol. The van der Waals surface area contributed by atoms with Gasteiger partial charge in [0.05, 0.1) is 23.6 Å². The van der Waals surface area contributed by atoms with Gasteiger partial charge in [0, 0.05) is 34.4 Å². The number of hydrogen-bond acceptors (Lipinski definition) is 7. The van der Waals surface area contributed by atoms with Gasteiger partial charge in [0.25, 0.3) is 5.56 Å². The molecular formula is C26H20ClFN4O5S. The number of nitrogens with zero attached hydrogens (tertiary/aromatic N) is 3. The number of benzene rings is 2. The normalized spacial score (nSPS) is 15.2. The number of ether oxygens (including phenoxy) is 1. The Morgan fingerprint density at radius 3 is 2.66 bits per heavy atom. The second kappa shape index (κ2) is 10.3. The van der Waals surface area contributed by atoms with E-state index in [9.17, 15) is 23.6 Å². The molecule has 1 fully saturated rings. The first-order valence-corrected chi connectivity index (χ1v) is 12.9. The second-order valence-corrected chi connectivity index (χ2v) is 9.81. The molecule has 2 aromatic carbocycles. The van der Waals surface area contributed by atoms with Gasteiger partial charge >= 0.3 is 5.97 Å². The molecule has 4 aromatic rings. The van der Waals surface area contributed by atoms with Crippen molar-refractivity contribution in [3.05, 3.63) is 80.8 Å². The zero-order valence-electron chi connectivity index (χ0n) is 19.9. The van der Waals surface area contributed by atoms with Gasteiger partial charge in [-0.2, -0.15) is 9.78 Å². The standard InChI is InChI=1S/C26H20ClFN4O5S/c1-2-37-26(36)22-19-13-38-24(21(19)25(35)32(30-22)18-5-3-4-15(27)11-18)29-23(34)14-10-20(33)31(12-14)17-8-6-16(28)7-9-17/h3-9,11,13-14H,2,10,12H2,1H3,(H,29,34). The maximum Gasteiger partial charge on any atom is 0.359 e. The van der Waals surface area contributed by atoms with Gasteiger partial charge in [-0.05, 0) is 49.4 Å². The first-order chi connectivity index (χ1) is 18.3. The Bertz CT molecular complexity index is 1640. The summed E-state index contributed by atoms with van der Waals surface area (Å²) >= 11 is 7.17. The molecule has 38 heavy (non-hydrogen) atoms. The number of carbonyl (C=O) groups excluding carboxylic acids is 3. The van der Waals surface area contributed by atoms with E-state index in [0.717, 1.165) is 16.0 Å². The minimum absolute atomic E-state index is 0.0467. The van der Waals surface area contributed by atoms with Crippen LogP contribution in [0.4, 0.5) is 15.1 Å². The number of anilines is 2. The molecule has 1 aliphatic heterocycles. The third-order valence-electron chi connectivity index (χ3n) is 6.04. The van der Waals surface area contributed by atoms with E-state index in [1.54, 1.807) is 30.5 Å². The number of nitrogens with one attached hydrogen (secondary N) is 1. The zero-order chi connectivity index (χ0) is 27.0. The molecule has 0 saturated carbocycles. The number of halogens is 2. The van der Waals surface area contributed by atoms with E-state index in [-0.39, 0.29) is 46.9 Å². The van der Waals surface area contributed by atoms with Crippen LogP contribution in [0.25, 0.3) is 16.5 Å². The highest BCUT2D eigenvalue weighted by Crippen LogP contribution is 2.32. The fourth-order valence-electron chi connectivity index (χ4n) is 4.24. The summed E-state index contributed by atoms with van der Waals surface area (Å²) in [5, 5.41) is 9.46. The lowest BCUT2D eigenvalue weighted by Gasteiger charge is -2.16. The Labute approximate surface area is 224 Å². The molecule has 0 aliphatic carbocycles. The summed E-state index contributed by atoms with van der Waals surface area (Å²) < 4.78 is 19.5. The number of aromatic nitrogens is 2. The van der Waals surface area contributed by atoms with Gasteiger partial charge in [-0.15, -0.1) is 11.3 Å². The van der Waals surface area contributed by atoms with Crippen LogP contribution in [0.2, 0.25) is 5.02 Å². The molecule has 194 valence electrons. The third kappa shape index (κ3) is 4.77. The van der Waals surface area contributed by atoms with Crippen molar-refractivity contribution in [1.82, 2.24) is 9.78 Å². The van der Waals surface area contributed by atoms with Gasteiger partial charge < -0.3 is 15.0 Å². The zero-order valence-corrected chi connectivity index (χ0v) is 21.5. The first-order valence-electron chi connectivity index (χ1n) is 11.6. The molecule has 2 aromatic heterocycles. The second-order valence-electron chi connectivity index (χ2n) is 8.49. The quantitative estimate of drug-likeness (QED) is 0.354. The molecule has 3 heterocycles.